The number of nitrogens with two attached hydrogens (primary N) is 1. The van der Waals surface area contributed by atoms with E-state index < -0.39 is 6.10 Å². The first kappa shape index (κ1) is 20.1. The molecular weight excluding hydrogens is 348 g/mol. The van der Waals surface area contributed by atoms with Gasteiger partial charge in [0.25, 0.3) is 5.91 Å². The topological polar surface area (TPSA) is 64.3 Å². The van der Waals surface area contributed by atoms with Crippen LogP contribution in [0.4, 0.5) is 5.69 Å². The minimum absolute atomic E-state index is 0. The van der Waals surface area contributed by atoms with Crippen molar-refractivity contribution >= 4 is 24.0 Å². The van der Waals surface area contributed by atoms with Gasteiger partial charge in [0, 0.05) is 5.69 Å². The highest BCUT2D eigenvalue weighted by molar-refractivity contribution is 5.85. The molecule has 1 aliphatic carbocycles. The van der Waals surface area contributed by atoms with Crippen LogP contribution in [0.3, 0.4) is 0 Å². The second kappa shape index (κ2) is 8.95. The van der Waals surface area contributed by atoms with Crippen LogP contribution in [0.25, 0.3) is 0 Å². The fourth-order valence-corrected chi connectivity index (χ4v) is 3.41. The van der Waals surface area contributed by atoms with Crippen molar-refractivity contribution in [2.45, 2.75) is 51.7 Å². The Labute approximate surface area is 161 Å². The lowest BCUT2D eigenvalue weighted by Crippen LogP contribution is -2.41. The van der Waals surface area contributed by atoms with Gasteiger partial charge in [-0.15, -0.1) is 12.4 Å². The van der Waals surface area contributed by atoms with Crippen LogP contribution in [0.5, 0.6) is 5.75 Å². The van der Waals surface area contributed by atoms with Crippen molar-refractivity contribution in [3.63, 3.8) is 0 Å². The Hall–Kier alpha value is -2.20. The third kappa shape index (κ3) is 4.50. The number of nitrogen functional groups attached to an aromatic ring is 1. The highest BCUT2D eigenvalue weighted by Gasteiger charge is 2.26. The van der Waals surface area contributed by atoms with E-state index in [1.54, 1.807) is 0 Å². The molecule has 1 amide bonds. The smallest absolute Gasteiger partial charge is 0.261 e. The average molecular weight is 375 g/mol. The summed E-state index contributed by atoms with van der Waals surface area (Å²) in [5, 5.41) is 3.18. The van der Waals surface area contributed by atoms with Crippen molar-refractivity contribution in [1.82, 2.24) is 5.32 Å². The van der Waals surface area contributed by atoms with Gasteiger partial charge in [0.1, 0.15) is 5.75 Å². The van der Waals surface area contributed by atoms with Crippen LogP contribution in [0.1, 0.15) is 48.9 Å². The summed E-state index contributed by atoms with van der Waals surface area (Å²) in [4.78, 5) is 12.8. The number of hydrogen-bond acceptors (Lipinski definition) is 3. The van der Waals surface area contributed by atoms with Crippen molar-refractivity contribution in [2.24, 2.45) is 0 Å². The molecule has 0 aromatic heterocycles. The van der Waals surface area contributed by atoms with Gasteiger partial charge in [0.15, 0.2) is 6.10 Å². The van der Waals surface area contributed by atoms with E-state index in [2.05, 4.69) is 5.32 Å². The Balaban J connectivity index is 0.00000243. The maximum absolute atomic E-state index is 12.8. The number of fused-ring (bicyclic) bond motifs is 1. The monoisotopic (exact) mass is 374 g/mol. The summed E-state index contributed by atoms with van der Waals surface area (Å²) in [5.74, 6) is 0.710. The molecule has 140 valence electrons. The lowest BCUT2D eigenvalue weighted by Gasteiger charge is -2.28. The normalized spacial score (nSPS) is 16.8. The first-order valence-electron chi connectivity index (χ1n) is 8.99. The van der Waals surface area contributed by atoms with E-state index in [1.165, 1.54) is 11.1 Å². The second-order valence-corrected chi connectivity index (χ2v) is 6.69. The Bertz CT molecular complexity index is 763. The molecule has 3 N–H and O–H groups in total. The van der Waals surface area contributed by atoms with Gasteiger partial charge >= 0.3 is 0 Å². The van der Waals surface area contributed by atoms with Crippen molar-refractivity contribution in [1.29, 1.82) is 0 Å². The zero-order valence-corrected chi connectivity index (χ0v) is 16.1. The van der Waals surface area contributed by atoms with Crippen molar-refractivity contribution < 1.29 is 9.53 Å². The van der Waals surface area contributed by atoms with Gasteiger partial charge in [-0.25, -0.2) is 0 Å². The summed E-state index contributed by atoms with van der Waals surface area (Å²) in [6, 6.07) is 13.8. The predicted molar refractivity (Wildman–Crippen MR) is 108 cm³/mol. The molecule has 0 spiro atoms. The summed E-state index contributed by atoms with van der Waals surface area (Å²) >= 11 is 0. The summed E-state index contributed by atoms with van der Waals surface area (Å²) in [7, 11) is 0. The van der Waals surface area contributed by atoms with E-state index in [9.17, 15) is 4.79 Å². The lowest BCUT2D eigenvalue weighted by atomic mass is 9.87. The second-order valence-electron chi connectivity index (χ2n) is 6.69. The summed E-state index contributed by atoms with van der Waals surface area (Å²) < 4.78 is 5.97. The zero-order valence-electron chi connectivity index (χ0n) is 15.3. The number of amides is 1. The largest absolute Gasteiger partial charge is 0.480 e. The SMILES string of the molecule is CCC(Oc1ccccc1C)C(=O)NC1CCCc2cc(N)ccc21.Cl. The minimum Gasteiger partial charge on any atom is -0.480 e. The van der Waals surface area contributed by atoms with Gasteiger partial charge in [-0.1, -0.05) is 31.2 Å². The van der Waals surface area contributed by atoms with Crippen molar-refractivity contribution in [3.05, 3.63) is 59.2 Å². The number of anilines is 1. The predicted octanol–water partition coefficient (Wildman–Crippen LogP) is 4.35. The van der Waals surface area contributed by atoms with E-state index in [0.717, 1.165) is 36.3 Å². The van der Waals surface area contributed by atoms with Crippen molar-refractivity contribution in [3.8, 4) is 5.75 Å². The number of ether oxygens (including phenoxy) is 1. The molecule has 5 heteroatoms. The number of nitrogens with one attached hydrogen (secondary N) is 1. The minimum atomic E-state index is -0.486. The summed E-state index contributed by atoms with van der Waals surface area (Å²) in [5.41, 5.74) is 10.1. The Kier molecular flexibility index (Phi) is 6.92. The van der Waals surface area contributed by atoms with E-state index in [-0.39, 0.29) is 24.4 Å². The molecule has 0 aliphatic heterocycles. The molecule has 0 saturated heterocycles. The highest BCUT2D eigenvalue weighted by atomic mass is 35.5. The summed E-state index contributed by atoms with van der Waals surface area (Å²) in [6.07, 6.45) is 3.16. The first-order chi connectivity index (χ1) is 12.1. The number of para-hydroxylation sites is 1. The van der Waals surface area contributed by atoms with E-state index in [1.807, 2.05) is 56.3 Å². The molecule has 3 rings (SSSR count). The van der Waals surface area contributed by atoms with E-state index >= 15 is 0 Å². The standard InChI is InChI=1S/C21H26N2O2.ClH/c1-3-19(25-20-10-5-4-7-14(20)2)21(24)23-18-9-6-8-15-13-16(22)11-12-17(15)18;/h4-5,7,10-13,18-19H,3,6,8-9,22H2,1-2H3,(H,23,24);1H. The molecule has 0 bridgehead atoms. The fraction of sp³-hybridized carbons (Fsp3) is 0.381. The summed E-state index contributed by atoms with van der Waals surface area (Å²) in [6.45, 7) is 3.96. The Morgan fingerprint density at radius 2 is 2.08 bits per heavy atom. The molecule has 0 radical (unpaired) electrons. The van der Waals surface area contributed by atoms with Gasteiger partial charge < -0.3 is 15.8 Å². The molecule has 2 atom stereocenters. The third-order valence-corrected chi connectivity index (χ3v) is 4.82. The van der Waals surface area contributed by atoms with Crippen LogP contribution in [0.15, 0.2) is 42.5 Å². The van der Waals surface area contributed by atoms with Gasteiger partial charge in [0.05, 0.1) is 6.04 Å². The third-order valence-electron chi connectivity index (χ3n) is 4.82. The molecule has 2 aromatic rings. The van der Waals surface area contributed by atoms with Crippen LogP contribution in [0, 0.1) is 6.92 Å². The highest BCUT2D eigenvalue weighted by Crippen LogP contribution is 2.31. The molecule has 2 aromatic carbocycles. The maximum atomic E-state index is 12.8. The number of rotatable bonds is 5. The molecule has 4 nitrogen and oxygen atoms in total. The van der Waals surface area contributed by atoms with Crippen LogP contribution in [-0.2, 0) is 11.2 Å². The van der Waals surface area contributed by atoms with Crippen LogP contribution in [-0.4, -0.2) is 12.0 Å². The van der Waals surface area contributed by atoms with Gasteiger partial charge in [-0.3, -0.25) is 4.79 Å². The van der Waals surface area contributed by atoms with E-state index in [4.69, 9.17) is 10.5 Å². The van der Waals surface area contributed by atoms with E-state index in [0.29, 0.717) is 6.42 Å². The number of hydrogen-bond donors (Lipinski definition) is 2. The molecule has 2 unspecified atom stereocenters. The van der Waals surface area contributed by atoms with Crippen LogP contribution >= 0.6 is 12.4 Å². The van der Waals surface area contributed by atoms with Gasteiger partial charge in [0.2, 0.25) is 0 Å². The fourth-order valence-electron chi connectivity index (χ4n) is 3.41. The Morgan fingerprint density at radius 3 is 2.81 bits per heavy atom. The quantitative estimate of drug-likeness (QED) is 0.764. The average Bonchev–Trinajstić information content (AvgIpc) is 2.61. The Morgan fingerprint density at radius 1 is 1.31 bits per heavy atom. The van der Waals surface area contributed by atoms with Crippen LogP contribution < -0.4 is 15.8 Å². The molecule has 1 aliphatic rings. The number of halogens is 1. The molecule has 0 fully saturated rings. The maximum Gasteiger partial charge on any atom is 0.261 e. The molecule has 26 heavy (non-hydrogen) atoms. The molecule has 0 saturated carbocycles. The van der Waals surface area contributed by atoms with Gasteiger partial charge in [-0.2, -0.15) is 0 Å². The number of carbonyl (C=O) groups excluding carboxylic acids is 1. The number of carbonyl (C=O) groups is 1. The van der Waals surface area contributed by atoms with Crippen molar-refractivity contribution in [2.75, 3.05) is 5.73 Å². The van der Waals surface area contributed by atoms with Gasteiger partial charge in [-0.05, 0) is 67.5 Å². The number of aryl methyl sites for hydroxylation is 2. The zero-order chi connectivity index (χ0) is 17.8. The lowest BCUT2D eigenvalue weighted by molar-refractivity contribution is -0.129. The first-order valence-corrected chi connectivity index (χ1v) is 8.99. The van der Waals surface area contributed by atoms with Crippen LogP contribution in [0.2, 0.25) is 0 Å². The number of benzene rings is 2. The molecule has 0 heterocycles. The molecular formula is C21H27ClN2O2.